The van der Waals surface area contributed by atoms with Gasteiger partial charge in [-0.25, -0.2) is 9.78 Å². The Morgan fingerprint density at radius 1 is 0.892 bits per heavy atom. The summed E-state index contributed by atoms with van der Waals surface area (Å²) in [5.74, 6) is -2.92. The Labute approximate surface area is 211 Å². The zero-order chi connectivity index (χ0) is 26.5. The third-order valence-electron chi connectivity index (χ3n) is 6.11. The minimum atomic E-state index is -1.30. The molecule has 10 heteroatoms. The third kappa shape index (κ3) is 5.22. The lowest BCUT2D eigenvalue weighted by Crippen LogP contribution is -2.46. The van der Waals surface area contributed by atoms with Gasteiger partial charge in [0.05, 0.1) is 42.2 Å². The third-order valence-corrected chi connectivity index (χ3v) is 6.11. The largest absolute Gasteiger partial charge is 0.469 e. The van der Waals surface area contributed by atoms with Crippen molar-refractivity contribution in [3.8, 4) is 0 Å². The number of benzene rings is 3. The number of hydrogen-bond donors (Lipinski definition) is 1. The number of esters is 2. The van der Waals surface area contributed by atoms with Gasteiger partial charge < -0.3 is 14.8 Å². The molecule has 1 aromatic heterocycles. The van der Waals surface area contributed by atoms with E-state index in [9.17, 15) is 24.5 Å². The number of nitrogens with one attached hydrogen (secondary N) is 1. The van der Waals surface area contributed by atoms with Crippen molar-refractivity contribution in [3.05, 3.63) is 94.0 Å². The van der Waals surface area contributed by atoms with Crippen LogP contribution in [0.25, 0.3) is 21.8 Å². The summed E-state index contributed by atoms with van der Waals surface area (Å²) in [6.07, 6.45) is -0.286. The topological polar surface area (TPSA) is 138 Å². The Morgan fingerprint density at radius 2 is 1.46 bits per heavy atom. The molecule has 0 aliphatic carbocycles. The first-order valence-electron chi connectivity index (χ1n) is 11.3. The summed E-state index contributed by atoms with van der Waals surface area (Å²) >= 11 is 0. The van der Waals surface area contributed by atoms with Gasteiger partial charge in [-0.2, -0.15) is 0 Å². The van der Waals surface area contributed by atoms with E-state index < -0.39 is 34.7 Å². The Balaban J connectivity index is 1.81. The number of hydrogen-bond acceptors (Lipinski definition) is 8. The molecule has 1 N–H and O–H groups in total. The number of aromatic nitrogens is 1. The standard InChI is InChI=1S/C27H23N3O7/c1-36-23(31)15-20(16-11-13-17(14-12-16)30(34)35)25(27(33)37-2)29-26(32)24-18-7-3-5-9-21(18)28-22-10-6-4-8-19(22)24/h3-14,20,25H,15H2,1-2H3,(H,29,32)/t20-,25-/m0/s1. The summed E-state index contributed by atoms with van der Waals surface area (Å²) in [6, 6.07) is 18.4. The summed E-state index contributed by atoms with van der Waals surface area (Å²) in [4.78, 5) is 54.2. The van der Waals surface area contributed by atoms with Crippen molar-refractivity contribution in [3.63, 3.8) is 0 Å². The molecule has 3 aromatic carbocycles. The Hall–Kier alpha value is -4.86. The molecule has 2 atom stereocenters. The lowest BCUT2D eigenvalue weighted by molar-refractivity contribution is -0.384. The maximum atomic E-state index is 13.8. The number of nitro groups is 1. The second kappa shape index (κ2) is 10.8. The van der Waals surface area contributed by atoms with E-state index in [1.807, 2.05) is 12.1 Å². The molecule has 1 heterocycles. The van der Waals surface area contributed by atoms with E-state index in [2.05, 4.69) is 10.3 Å². The number of carbonyl (C=O) groups excluding carboxylic acids is 3. The number of nitrogens with zero attached hydrogens (tertiary/aromatic N) is 2. The van der Waals surface area contributed by atoms with Crippen LogP contribution in [-0.2, 0) is 19.1 Å². The van der Waals surface area contributed by atoms with E-state index in [-0.39, 0.29) is 12.1 Å². The van der Waals surface area contributed by atoms with Gasteiger partial charge in [0.15, 0.2) is 0 Å². The first kappa shape index (κ1) is 25.2. The van der Waals surface area contributed by atoms with Crippen LogP contribution in [0.2, 0.25) is 0 Å². The number of carbonyl (C=O) groups is 3. The van der Waals surface area contributed by atoms with Gasteiger partial charge in [-0.05, 0) is 17.7 Å². The second-order valence-electron chi connectivity index (χ2n) is 8.23. The summed E-state index contributed by atoms with van der Waals surface area (Å²) in [6.45, 7) is 0. The molecule has 0 fully saturated rings. The number of non-ortho nitro benzene ring substituents is 1. The number of fused-ring (bicyclic) bond motifs is 2. The van der Waals surface area contributed by atoms with Crippen LogP contribution in [0, 0.1) is 10.1 Å². The molecule has 0 saturated heterocycles. The Morgan fingerprint density at radius 3 is 1.97 bits per heavy atom. The van der Waals surface area contributed by atoms with Crippen LogP contribution in [0.15, 0.2) is 72.8 Å². The molecule has 10 nitrogen and oxygen atoms in total. The molecule has 0 aliphatic heterocycles. The minimum absolute atomic E-state index is 0.158. The van der Waals surface area contributed by atoms with Crippen LogP contribution in [-0.4, -0.2) is 48.0 Å². The molecule has 0 saturated carbocycles. The van der Waals surface area contributed by atoms with E-state index in [1.54, 1.807) is 36.4 Å². The highest BCUT2D eigenvalue weighted by Gasteiger charge is 2.35. The number of pyridine rings is 1. The molecule has 0 spiro atoms. The minimum Gasteiger partial charge on any atom is -0.469 e. The van der Waals surface area contributed by atoms with Crippen LogP contribution in [0.1, 0.15) is 28.3 Å². The number of ether oxygens (including phenoxy) is 2. The highest BCUT2D eigenvalue weighted by atomic mass is 16.6. The van der Waals surface area contributed by atoms with Crippen molar-refractivity contribution in [2.75, 3.05) is 14.2 Å². The number of rotatable bonds is 8. The summed E-state index contributed by atoms with van der Waals surface area (Å²) in [5, 5.41) is 15.0. The number of nitro benzene ring substituents is 1. The summed E-state index contributed by atoms with van der Waals surface area (Å²) < 4.78 is 9.79. The summed E-state index contributed by atoms with van der Waals surface area (Å²) in [5.41, 5.74) is 1.77. The number of amides is 1. The molecule has 1 amide bonds. The van der Waals surface area contributed by atoms with Gasteiger partial charge in [0.2, 0.25) is 0 Å². The molecule has 4 rings (SSSR count). The van der Waals surface area contributed by atoms with Gasteiger partial charge in [0.1, 0.15) is 6.04 Å². The average Bonchev–Trinajstić information content (AvgIpc) is 2.92. The van der Waals surface area contributed by atoms with Crippen LogP contribution in [0.3, 0.4) is 0 Å². The average molecular weight is 501 g/mol. The lowest BCUT2D eigenvalue weighted by atomic mass is 9.87. The molecule has 0 radical (unpaired) electrons. The molecule has 37 heavy (non-hydrogen) atoms. The zero-order valence-electron chi connectivity index (χ0n) is 20.0. The normalized spacial score (nSPS) is 12.5. The van der Waals surface area contributed by atoms with Crippen molar-refractivity contribution >= 4 is 45.3 Å². The van der Waals surface area contributed by atoms with Crippen molar-refractivity contribution in [1.82, 2.24) is 10.3 Å². The predicted molar refractivity (Wildman–Crippen MR) is 135 cm³/mol. The highest BCUT2D eigenvalue weighted by molar-refractivity contribution is 6.16. The van der Waals surface area contributed by atoms with E-state index in [4.69, 9.17) is 9.47 Å². The fraction of sp³-hybridized carbons (Fsp3) is 0.185. The fourth-order valence-corrected chi connectivity index (χ4v) is 4.28. The van der Waals surface area contributed by atoms with Crippen molar-refractivity contribution in [2.24, 2.45) is 0 Å². The molecular formula is C27H23N3O7. The molecule has 0 aliphatic rings. The van der Waals surface area contributed by atoms with E-state index >= 15 is 0 Å². The van der Waals surface area contributed by atoms with Gasteiger partial charge in [-0.1, -0.05) is 48.5 Å². The van der Waals surface area contributed by atoms with Crippen LogP contribution in [0.4, 0.5) is 5.69 Å². The number of methoxy groups -OCH3 is 2. The maximum absolute atomic E-state index is 13.8. The monoisotopic (exact) mass is 501 g/mol. The fourth-order valence-electron chi connectivity index (χ4n) is 4.28. The quantitative estimate of drug-likeness (QED) is 0.166. The Bertz CT molecular complexity index is 1450. The van der Waals surface area contributed by atoms with E-state index in [0.717, 1.165) is 0 Å². The van der Waals surface area contributed by atoms with Crippen LogP contribution in [0.5, 0.6) is 0 Å². The molecule has 4 aromatic rings. The van der Waals surface area contributed by atoms with Crippen molar-refractivity contribution < 1.29 is 28.8 Å². The second-order valence-corrected chi connectivity index (χ2v) is 8.23. The smallest absolute Gasteiger partial charge is 0.329 e. The predicted octanol–water partition coefficient (Wildman–Crippen LogP) is 3.91. The van der Waals surface area contributed by atoms with Gasteiger partial charge >= 0.3 is 11.9 Å². The van der Waals surface area contributed by atoms with Crippen molar-refractivity contribution in [1.29, 1.82) is 0 Å². The zero-order valence-corrected chi connectivity index (χ0v) is 20.0. The molecule has 0 bridgehead atoms. The van der Waals surface area contributed by atoms with Crippen molar-refractivity contribution in [2.45, 2.75) is 18.4 Å². The molecule has 0 unspecified atom stereocenters. The molecular weight excluding hydrogens is 478 g/mol. The first-order chi connectivity index (χ1) is 17.8. The van der Waals surface area contributed by atoms with Gasteiger partial charge in [-0.15, -0.1) is 0 Å². The molecule has 188 valence electrons. The summed E-state index contributed by atoms with van der Waals surface area (Å²) in [7, 11) is 2.37. The van der Waals surface area contributed by atoms with E-state index in [1.165, 1.54) is 38.5 Å². The maximum Gasteiger partial charge on any atom is 0.329 e. The first-order valence-corrected chi connectivity index (χ1v) is 11.3. The van der Waals surface area contributed by atoms with Crippen LogP contribution >= 0.6 is 0 Å². The highest BCUT2D eigenvalue weighted by Crippen LogP contribution is 2.30. The van der Waals surface area contributed by atoms with Gasteiger partial charge in [0.25, 0.3) is 11.6 Å². The number of para-hydroxylation sites is 2. The van der Waals surface area contributed by atoms with Crippen LogP contribution < -0.4 is 5.32 Å². The SMILES string of the molecule is COC(=O)C[C@@H](c1ccc([N+](=O)[O-])cc1)[C@H](NC(=O)c1c2ccccc2nc2ccccc12)C(=O)OC. The van der Waals surface area contributed by atoms with Gasteiger partial charge in [0, 0.05) is 28.8 Å². The lowest BCUT2D eigenvalue weighted by Gasteiger charge is -2.26. The van der Waals surface area contributed by atoms with E-state index in [0.29, 0.717) is 32.9 Å². The Kier molecular flexibility index (Phi) is 7.38. The van der Waals surface area contributed by atoms with Gasteiger partial charge in [-0.3, -0.25) is 19.7 Å².